The van der Waals surface area contributed by atoms with Crippen molar-refractivity contribution in [1.82, 2.24) is 0 Å². The van der Waals surface area contributed by atoms with Crippen molar-refractivity contribution in [3.05, 3.63) is 83.5 Å². The van der Waals surface area contributed by atoms with Gasteiger partial charge in [-0.05, 0) is 48.7 Å². The molecule has 0 amide bonds. The SMILES string of the molecule is C=C/C=C\c1oc(-c2ccc(-c3cc(C)c(C=C)s3)cc2)cc1C. The van der Waals surface area contributed by atoms with E-state index in [-0.39, 0.29) is 0 Å². The zero-order valence-electron chi connectivity index (χ0n) is 14.0. The molecule has 0 aliphatic heterocycles. The molecule has 2 heteroatoms. The Balaban J connectivity index is 1.90. The minimum absolute atomic E-state index is 0.874. The number of furan rings is 1. The van der Waals surface area contributed by atoms with E-state index in [1.165, 1.54) is 20.9 Å². The minimum atomic E-state index is 0.874. The van der Waals surface area contributed by atoms with Gasteiger partial charge in [0.2, 0.25) is 0 Å². The smallest absolute Gasteiger partial charge is 0.135 e. The number of aryl methyl sites for hydroxylation is 2. The van der Waals surface area contributed by atoms with Crippen LogP contribution in [0.4, 0.5) is 0 Å². The Hall–Kier alpha value is -2.58. The summed E-state index contributed by atoms with van der Waals surface area (Å²) in [5, 5.41) is 0. The maximum Gasteiger partial charge on any atom is 0.135 e. The van der Waals surface area contributed by atoms with Crippen molar-refractivity contribution >= 4 is 23.5 Å². The largest absolute Gasteiger partial charge is 0.456 e. The molecular formula is C22H20OS. The number of hydrogen-bond acceptors (Lipinski definition) is 2. The van der Waals surface area contributed by atoms with E-state index in [4.69, 9.17) is 4.42 Å². The van der Waals surface area contributed by atoms with Crippen molar-refractivity contribution < 1.29 is 4.42 Å². The molecule has 3 aromatic rings. The van der Waals surface area contributed by atoms with E-state index in [0.717, 1.165) is 22.6 Å². The molecule has 1 nitrogen and oxygen atoms in total. The number of rotatable bonds is 5. The van der Waals surface area contributed by atoms with Crippen molar-refractivity contribution in [3.8, 4) is 21.8 Å². The van der Waals surface area contributed by atoms with Crippen molar-refractivity contribution in [2.75, 3.05) is 0 Å². The highest BCUT2D eigenvalue weighted by molar-refractivity contribution is 7.16. The van der Waals surface area contributed by atoms with Crippen molar-refractivity contribution in [1.29, 1.82) is 0 Å². The number of hydrogen-bond donors (Lipinski definition) is 0. The molecule has 0 N–H and O–H groups in total. The molecule has 0 saturated heterocycles. The first-order chi connectivity index (χ1) is 11.6. The van der Waals surface area contributed by atoms with Crippen LogP contribution < -0.4 is 0 Å². The Morgan fingerprint density at radius 3 is 2.29 bits per heavy atom. The molecule has 3 rings (SSSR count). The molecule has 2 aromatic heterocycles. The molecule has 0 fully saturated rings. The molecule has 120 valence electrons. The lowest BCUT2D eigenvalue weighted by atomic mass is 10.1. The van der Waals surface area contributed by atoms with E-state index in [1.807, 2.05) is 18.2 Å². The van der Waals surface area contributed by atoms with Gasteiger partial charge in [-0.15, -0.1) is 11.3 Å². The maximum atomic E-state index is 5.94. The van der Waals surface area contributed by atoms with Crippen LogP contribution in [0.1, 0.15) is 21.8 Å². The van der Waals surface area contributed by atoms with Crippen LogP contribution in [-0.4, -0.2) is 0 Å². The standard InChI is InChI=1S/C22H20OS/c1-5-7-8-19-15(3)13-20(23-19)17-9-11-18(12-10-17)22-14-16(4)21(6-2)24-22/h5-14H,1-2H2,3-4H3/b8-7-. The van der Waals surface area contributed by atoms with Gasteiger partial charge in [-0.25, -0.2) is 0 Å². The molecule has 0 radical (unpaired) electrons. The van der Waals surface area contributed by atoms with E-state index < -0.39 is 0 Å². The van der Waals surface area contributed by atoms with E-state index in [1.54, 1.807) is 17.4 Å². The van der Waals surface area contributed by atoms with Crippen LogP contribution in [0, 0.1) is 13.8 Å². The molecule has 0 unspecified atom stereocenters. The summed E-state index contributed by atoms with van der Waals surface area (Å²) in [6.45, 7) is 11.7. The summed E-state index contributed by atoms with van der Waals surface area (Å²) in [5.74, 6) is 1.76. The predicted molar refractivity (Wildman–Crippen MR) is 106 cm³/mol. The van der Waals surface area contributed by atoms with Gasteiger partial charge in [0.15, 0.2) is 0 Å². The first-order valence-corrected chi connectivity index (χ1v) is 8.67. The molecule has 0 spiro atoms. The Kier molecular flexibility index (Phi) is 4.68. The quantitative estimate of drug-likeness (QED) is 0.453. The monoisotopic (exact) mass is 332 g/mol. The van der Waals surface area contributed by atoms with Gasteiger partial charge in [0.05, 0.1) is 0 Å². The Labute approximate surface area is 147 Å². The molecule has 0 bridgehead atoms. The molecule has 0 saturated carbocycles. The molecule has 0 aliphatic rings. The Bertz CT molecular complexity index is 904. The number of allylic oxidation sites excluding steroid dienone is 2. The summed E-state index contributed by atoms with van der Waals surface area (Å²) in [7, 11) is 0. The average Bonchev–Trinajstić information content (AvgIpc) is 3.16. The predicted octanol–water partition coefficient (Wildman–Crippen LogP) is 7.13. The number of benzene rings is 1. The molecule has 24 heavy (non-hydrogen) atoms. The van der Waals surface area contributed by atoms with E-state index >= 15 is 0 Å². The lowest BCUT2D eigenvalue weighted by molar-refractivity contribution is 0.569. The van der Waals surface area contributed by atoms with Crippen LogP contribution in [-0.2, 0) is 0 Å². The summed E-state index contributed by atoms with van der Waals surface area (Å²) >= 11 is 1.77. The fraction of sp³-hybridized carbons (Fsp3) is 0.0909. The third-order valence-electron chi connectivity index (χ3n) is 3.94. The average molecular weight is 332 g/mol. The van der Waals surface area contributed by atoms with E-state index in [0.29, 0.717) is 0 Å². The highest BCUT2D eigenvalue weighted by atomic mass is 32.1. The van der Waals surface area contributed by atoms with Gasteiger partial charge >= 0.3 is 0 Å². The fourth-order valence-electron chi connectivity index (χ4n) is 2.60. The Morgan fingerprint density at radius 1 is 0.958 bits per heavy atom. The van der Waals surface area contributed by atoms with Crippen LogP contribution in [0.2, 0.25) is 0 Å². The number of thiophene rings is 1. The first-order valence-electron chi connectivity index (χ1n) is 7.85. The maximum absolute atomic E-state index is 5.94. The van der Waals surface area contributed by atoms with Gasteiger partial charge < -0.3 is 4.42 Å². The van der Waals surface area contributed by atoms with E-state index in [2.05, 4.69) is 63.4 Å². The second-order valence-corrected chi connectivity index (χ2v) is 6.78. The van der Waals surface area contributed by atoms with Crippen LogP contribution in [0.5, 0.6) is 0 Å². The van der Waals surface area contributed by atoms with Gasteiger partial charge in [-0.3, -0.25) is 0 Å². The second-order valence-electron chi connectivity index (χ2n) is 5.69. The molecule has 0 atom stereocenters. The topological polar surface area (TPSA) is 13.1 Å². The van der Waals surface area contributed by atoms with Crippen LogP contribution in [0.25, 0.3) is 33.9 Å². The summed E-state index contributed by atoms with van der Waals surface area (Å²) in [5.41, 5.74) is 4.69. The van der Waals surface area contributed by atoms with Gasteiger partial charge in [0.25, 0.3) is 0 Å². The van der Waals surface area contributed by atoms with E-state index in [9.17, 15) is 0 Å². The van der Waals surface area contributed by atoms with Crippen LogP contribution in [0.3, 0.4) is 0 Å². The zero-order chi connectivity index (χ0) is 17.1. The molecule has 2 heterocycles. The highest BCUT2D eigenvalue weighted by Gasteiger charge is 2.09. The summed E-state index contributed by atoms with van der Waals surface area (Å²) in [6, 6.07) is 12.8. The lowest BCUT2D eigenvalue weighted by Gasteiger charge is -2.00. The normalized spacial score (nSPS) is 11.1. The van der Waals surface area contributed by atoms with Crippen molar-refractivity contribution in [2.45, 2.75) is 13.8 Å². The second kappa shape index (κ2) is 6.90. The van der Waals surface area contributed by atoms with Crippen molar-refractivity contribution in [3.63, 3.8) is 0 Å². The molecule has 0 aliphatic carbocycles. The first kappa shape index (κ1) is 16.3. The lowest BCUT2D eigenvalue weighted by Crippen LogP contribution is -1.75. The summed E-state index contributed by atoms with van der Waals surface area (Å²) in [6.07, 6.45) is 7.49. The van der Waals surface area contributed by atoms with Gasteiger partial charge in [-0.2, -0.15) is 0 Å². The van der Waals surface area contributed by atoms with Crippen LogP contribution >= 0.6 is 11.3 Å². The van der Waals surface area contributed by atoms with Crippen LogP contribution in [0.15, 0.2) is 66.1 Å². The fourth-order valence-corrected chi connectivity index (χ4v) is 3.63. The van der Waals surface area contributed by atoms with Gasteiger partial charge in [-0.1, -0.05) is 55.7 Å². The minimum Gasteiger partial charge on any atom is -0.456 e. The summed E-state index contributed by atoms with van der Waals surface area (Å²) < 4.78 is 5.94. The molecular weight excluding hydrogens is 312 g/mol. The summed E-state index contributed by atoms with van der Waals surface area (Å²) in [4.78, 5) is 2.49. The van der Waals surface area contributed by atoms with Gasteiger partial charge in [0.1, 0.15) is 11.5 Å². The molecule has 1 aromatic carbocycles. The highest BCUT2D eigenvalue weighted by Crippen LogP contribution is 2.34. The third kappa shape index (κ3) is 3.19. The third-order valence-corrected chi connectivity index (χ3v) is 5.22. The van der Waals surface area contributed by atoms with Gasteiger partial charge in [0, 0.05) is 15.3 Å². The van der Waals surface area contributed by atoms with Crippen molar-refractivity contribution in [2.24, 2.45) is 0 Å². The zero-order valence-corrected chi connectivity index (χ0v) is 14.8. The Morgan fingerprint density at radius 2 is 1.67 bits per heavy atom.